The molecule has 2 fully saturated rings. The molecule has 1 aliphatic carbocycles. The number of anilines is 1. The van der Waals surface area contributed by atoms with Gasteiger partial charge in [0.1, 0.15) is 16.9 Å². The lowest BCUT2D eigenvalue weighted by Crippen LogP contribution is -2.35. The number of carbonyl (C=O) groups is 2. The fourth-order valence-electron chi connectivity index (χ4n) is 3.13. The molecule has 32 heavy (non-hydrogen) atoms. The number of hydrogen-bond acceptors (Lipinski definition) is 5. The zero-order valence-corrected chi connectivity index (χ0v) is 18.1. The van der Waals surface area contributed by atoms with Crippen LogP contribution in [0.4, 0.5) is 28.9 Å². The summed E-state index contributed by atoms with van der Waals surface area (Å²) in [4.78, 5) is 31.7. The van der Waals surface area contributed by atoms with Crippen molar-refractivity contribution in [2.75, 3.05) is 5.32 Å². The Hall–Kier alpha value is -2.53. The van der Waals surface area contributed by atoms with Gasteiger partial charge < -0.3 is 5.32 Å². The summed E-state index contributed by atoms with van der Waals surface area (Å²) < 4.78 is 51.8. The average molecular weight is 484 g/mol. The molecule has 2 aromatic carbocycles. The maximum Gasteiger partial charge on any atom is 0.288 e. The first-order chi connectivity index (χ1) is 15.3. The van der Waals surface area contributed by atoms with Crippen LogP contribution in [0.2, 0.25) is 0 Å². The van der Waals surface area contributed by atoms with Crippen LogP contribution in [-0.4, -0.2) is 38.9 Å². The zero-order valence-electron chi connectivity index (χ0n) is 16.4. The van der Waals surface area contributed by atoms with Gasteiger partial charge in [0.05, 0.1) is 11.4 Å². The highest BCUT2D eigenvalue weighted by Gasteiger charge is 2.46. The maximum absolute atomic E-state index is 13.8. The molecule has 5 nitrogen and oxygen atoms in total. The van der Waals surface area contributed by atoms with Crippen LogP contribution in [0.5, 0.6) is 0 Å². The molecule has 1 unspecified atom stereocenters. The number of thioether (sulfide) groups is 2. The van der Waals surface area contributed by atoms with Crippen molar-refractivity contribution >= 4 is 51.9 Å². The molecule has 11 heteroatoms. The Balaban J connectivity index is 1.46. The van der Waals surface area contributed by atoms with Gasteiger partial charge in [-0.15, -0.1) is 0 Å². The number of amidine groups is 1. The SMILES string of the molecule is O=C(CC1SC(=Nc2ccc(SC(F)F)cc2)N(C2CC2)C1=O)Nc1ccc(F)cc1F. The number of nitrogens with zero attached hydrogens (tertiary/aromatic N) is 2. The summed E-state index contributed by atoms with van der Waals surface area (Å²) in [6.07, 6.45) is 1.45. The van der Waals surface area contributed by atoms with Crippen molar-refractivity contribution in [3.05, 3.63) is 54.1 Å². The fourth-order valence-corrected chi connectivity index (χ4v) is 4.85. The van der Waals surface area contributed by atoms with Crippen LogP contribution in [-0.2, 0) is 9.59 Å². The van der Waals surface area contributed by atoms with Gasteiger partial charge in [0.2, 0.25) is 11.8 Å². The summed E-state index contributed by atoms with van der Waals surface area (Å²) in [6, 6.07) is 9.06. The van der Waals surface area contributed by atoms with Gasteiger partial charge in [-0.25, -0.2) is 13.8 Å². The molecule has 1 atom stereocenters. The summed E-state index contributed by atoms with van der Waals surface area (Å²) in [5.74, 6) is -5.01. The molecule has 1 heterocycles. The highest BCUT2D eigenvalue weighted by atomic mass is 32.2. The lowest BCUT2D eigenvalue weighted by Gasteiger charge is -2.15. The van der Waals surface area contributed by atoms with Crippen molar-refractivity contribution in [3.63, 3.8) is 0 Å². The summed E-state index contributed by atoms with van der Waals surface area (Å²) in [6.45, 7) is 0. The lowest BCUT2D eigenvalue weighted by atomic mass is 10.2. The molecule has 4 rings (SSSR count). The third kappa shape index (κ3) is 5.44. The van der Waals surface area contributed by atoms with E-state index < -0.39 is 28.5 Å². The zero-order chi connectivity index (χ0) is 22.8. The first-order valence-corrected chi connectivity index (χ1v) is 11.4. The Morgan fingerprint density at radius 1 is 1.19 bits per heavy atom. The maximum atomic E-state index is 13.8. The average Bonchev–Trinajstić information content (AvgIpc) is 3.51. The second kappa shape index (κ2) is 9.53. The van der Waals surface area contributed by atoms with Gasteiger partial charge in [0.25, 0.3) is 5.76 Å². The van der Waals surface area contributed by atoms with Crippen LogP contribution in [0.25, 0.3) is 0 Å². The van der Waals surface area contributed by atoms with Crippen LogP contribution >= 0.6 is 23.5 Å². The molecule has 0 spiro atoms. The number of halogens is 4. The predicted molar refractivity (Wildman–Crippen MR) is 116 cm³/mol. The molecule has 0 bridgehead atoms. The fraction of sp³-hybridized carbons (Fsp3) is 0.286. The minimum absolute atomic E-state index is 0.0185. The minimum atomic E-state index is -2.52. The Bertz CT molecular complexity index is 1060. The molecule has 2 aromatic rings. The van der Waals surface area contributed by atoms with E-state index >= 15 is 0 Å². The van der Waals surface area contributed by atoms with E-state index in [0.29, 0.717) is 33.6 Å². The highest BCUT2D eigenvalue weighted by Crippen LogP contribution is 2.39. The van der Waals surface area contributed by atoms with E-state index in [-0.39, 0.29) is 24.1 Å². The van der Waals surface area contributed by atoms with E-state index in [4.69, 9.17) is 0 Å². The van der Waals surface area contributed by atoms with Crippen LogP contribution in [0.15, 0.2) is 52.4 Å². The van der Waals surface area contributed by atoms with Crippen LogP contribution in [0, 0.1) is 11.6 Å². The summed E-state index contributed by atoms with van der Waals surface area (Å²) in [5.41, 5.74) is 0.338. The number of aliphatic imine (C=N–C) groups is 1. The van der Waals surface area contributed by atoms with Gasteiger partial charge in [-0.1, -0.05) is 23.5 Å². The molecule has 2 amide bonds. The van der Waals surface area contributed by atoms with Crippen LogP contribution in [0.1, 0.15) is 19.3 Å². The Kier molecular flexibility index (Phi) is 6.75. The van der Waals surface area contributed by atoms with Crippen molar-refractivity contribution in [1.29, 1.82) is 0 Å². The first-order valence-electron chi connectivity index (χ1n) is 9.68. The lowest BCUT2D eigenvalue weighted by molar-refractivity contribution is -0.128. The van der Waals surface area contributed by atoms with E-state index in [0.717, 1.165) is 36.7 Å². The molecule has 1 aliphatic heterocycles. The van der Waals surface area contributed by atoms with Gasteiger partial charge in [-0.05, 0) is 49.2 Å². The van der Waals surface area contributed by atoms with Gasteiger partial charge in [-0.3, -0.25) is 14.5 Å². The molecule has 1 saturated heterocycles. The van der Waals surface area contributed by atoms with E-state index in [9.17, 15) is 27.2 Å². The number of benzene rings is 2. The standard InChI is InChI=1S/C21H17F4N3O2S2/c22-11-1-8-16(15(23)9-11)27-18(29)10-17-19(30)28(13-4-5-13)21(32-17)26-12-2-6-14(7-3-12)31-20(24)25/h1-3,6-9,13,17,20H,4-5,10H2,(H,27,29). The third-order valence-electron chi connectivity index (χ3n) is 4.74. The van der Waals surface area contributed by atoms with Crippen LogP contribution in [0.3, 0.4) is 0 Å². The Morgan fingerprint density at radius 3 is 2.53 bits per heavy atom. The smallest absolute Gasteiger partial charge is 0.288 e. The van der Waals surface area contributed by atoms with Crippen molar-refractivity contribution in [3.8, 4) is 0 Å². The predicted octanol–water partition coefficient (Wildman–Crippen LogP) is 5.40. The summed E-state index contributed by atoms with van der Waals surface area (Å²) in [7, 11) is 0. The molecule has 1 N–H and O–H groups in total. The van der Waals surface area contributed by atoms with E-state index in [1.54, 1.807) is 17.0 Å². The minimum Gasteiger partial charge on any atom is -0.324 e. The summed E-state index contributed by atoms with van der Waals surface area (Å²) in [5, 5.41) is 2.07. The molecular weight excluding hydrogens is 466 g/mol. The topological polar surface area (TPSA) is 61.8 Å². The Morgan fingerprint density at radius 2 is 1.91 bits per heavy atom. The quantitative estimate of drug-likeness (QED) is 0.423. The second-order valence-electron chi connectivity index (χ2n) is 7.19. The molecular formula is C21H17F4N3O2S2. The monoisotopic (exact) mass is 483 g/mol. The van der Waals surface area contributed by atoms with Gasteiger partial charge in [-0.2, -0.15) is 8.78 Å². The van der Waals surface area contributed by atoms with E-state index in [1.165, 1.54) is 12.1 Å². The number of carbonyl (C=O) groups excluding carboxylic acids is 2. The van der Waals surface area contributed by atoms with Crippen molar-refractivity contribution < 1.29 is 27.2 Å². The van der Waals surface area contributed by atoms with E-state index in [2.05, 4.69) is 10.3 Å². The Labute approximate surface area is 189 Å². The third-order valence-corrected chi connectivity index (χ3v) is 6.62. The normalized spacial score (nSPS) is 19.8. The van der Waals surface area contributed by atoms with Crippen LogP contribution < -0.4 is 5.32 Å². The van der Waals surface area contributed by atoms with Gasteiger partial charge in [0, 0.05) is 23.4 Å². The highest BCUT2D eigenvalue weighted by molar-refractivity contribution is 8.15. The first kappa shape index (κ1) is 22.7. The molecule has 2 aliphatic rings. The summed E-state index contributed by atoms with van der Waals surface area (Å²) >= 11 is 1.57. The van der Waals surface area contributed by atoms with Gasteiger partial charge >= 0.3 is 0 Å². The van der Waals surface area contributed by atoms with Crippen molar-refractivity contribution in [2.24, 2.45) is 4.99 Å². The molecule has 0 radical (unpaired) electrons. The number of hydrogen-bond donors (Lipinski definition) is 1. The molecule has 1 saturated carbocycles. The molecule has 0 aromatic heterocycles. The number of amides is 2. The van der Waals surface area contributed by atoms with E-state index in [1.807, 2.05) is 0 Å². The number of rotatable bonds is 7. The number of nitrogens with one attached hydrogen (secondary N) is 1. The second-order valence-corrected chi connectivity index (χ2v) is 9.42. The van der Waals surface area contributed by atoms with Crippen molar-refractivity contribution in [2.45, 2.75) is 41.2 Å². The largest absolute Gasteiger partial charge is 0.324 e. The van der Waals surface area contributed by atoms with Crippen molar-refractivity contribution in [1.82, 2.24) is 4.90 Å². The van der Waals surface area contributed by atoms with Gasteiger partial charge in [0.15, 0.2) is 5.17 Å². The number of alkyl halides is 2. The molecule has 168 valence electrons.